The monoisotopic (exact) mass is 313 g/mol. The molecule has 22 heavy (non-hydrogen) atoms. The Morgan fingerprint density at radius 2 is 1.82 bits per heavy atom. The lowest BCUT2D eigenvalue weighted by Crippen LogP contribution is -2.04. The molecule has 0 spiro atoms. The van der Waals surface area contributed by atoms with Crippen molar-refractivity contribution in [3.63, 3.8) is 0 Å². The van der Waals surface area contributed by atoms with Crippen LogP contribution >= 0.6 is 11.8 Å². The van der Waals surface area contributed by atoms with Crippen LogP contribution in [0.1, 0.15) is 5.56 Å². The number of nitro benzene ring substituents is 1. The number of nitrogens with zero attached hydrogens (tertiary/aromatic N) is 5. The van der Waals surface area contributed by atoms with Crippen LogP contribution in [0, 0.1) is 10.1 Å². The van der Waals surface area contributed by atoms with Gasteiger partial charge in [-0.2, -0.15) is 4.80 Å². The first-order valence-electron chi connectivity index (χ1n) is 6.45. The van der Waals surface area contributed by atoms with Crippen molar-refractivity contribution in [2.75, 3.05) is 0 Å². The van der Waals surface area contributed by atoms with E-state index < -0.39 is 4.92 Å². The average Bonchev–Trinajstić information content (AvgIpc) is 2.96. The number of rotatable bonds is 5. The molecule has 2 aromatic carbocycles. The smallest absolute Gasteiger partial charge is 0.258 e. The summed E-state index contributed by atoms with van der Waals surface area (Å²) in [6.07, 6.45) is 0. The third kappa shape index (κ3) is 3.47. The zero-order valence-electron chi connectivity index (χ0n) is 11.4. The predicted molar refractivity (Wildman–Crippen MR) is 80.6 cm³/mol. The van der Waals surface area contributed by atoms with E-state index in [0.29, 0.717) is 11.7 Å². The molecule has 8 heteroatoms. The molecule has 3 aromatic rings. The number of hydrogen-bond acceptors (Lipinski definition) is 6. The van der Waals surface area contributed by atoms with Crippen LogP contribution in [0.2, 0.25) is 0 Å². The number of non-ortho nitro benzene ring substituents is 1. The van der Waals surface area contributed by atoms with Gasteiger partial charge in [0.15, 0.2) is 0 Å². The van der Waals surface area contributed by atoms with Gasteiger partial charge in [0.05, 0.1) is 11.5 Å². The molecule has 0 unspecified atom stereocenters. The summed E-state index contributed by atoms with van der Waals surface area (Å²) in [7, 11) is 0. The van der Waals surface area contributed by atoms with Crippen LogP contribution in [0.15, 0.2) is 64.6 Å². The molecule has 7 nitrogen and oxygen atoms in total. The van der Waals surface area contributed by atoms with E-state index in [4.69, 9.17) is 0 Å². The Hall–Kier alpha value is -2.74. The van der Waals surface area contributed by atoms with Gasteiger partial charge in [-0.25, -0.2) is 0 Å². The Kier molecular flexibility index (Phi) is 4.10. The first kappa shape index (κ1) is 14.2. The van der Waals surface area contributed by atoms with Crippen molar-refractivity contribution in [2.24, 2.45) is 0 Å². The summed E-state index contributed by atoms with van der Waals surface area (Å²) in [6.45, 7) is 0.417. The van der Waals surface area contributed by atoms with E-state index in [9.17, 15) is 10.1 Å². The summed E-state index contributed by atoms with van der Waals surface area (Å²) in [5.41, 5.74) is 0.940. The fourth-order valence-corrected chi connectivity index (χ4v) is 2.53. The largest absolute Gasteiger partial charge is 0.269 e. The molecule has 0 N–H and O–H groups in total. The first-order valence-corrected chi connectivity index (χ1v) is 7.26. The van der Waals surface area contributed by atoms with Crippen molar-refractivity contribution < 1.29 is 4.92 Å². The maximum absolute atomic E-state index is 10.6. The fourth-order valence-electron chi connectivity index (χ4n) is 1.82. The Morgan fingerprint density at radius 3 is 2.50 bits per heavy atom. The van der Waals surface area contributed by atoms with Gasteiger partial charge in [-0.1, -0.05) is 30.3 Å². The molecule has 1 aromatic heterocycles. The predicted octanol–water partition coefficient (Wildman–Crippen LogP) is 2.78. The van der Waals surface area contributed by atoms with Crippen LogP contribution in [-0.2, 0) is 6.54 Å². The molecule has 1 heterocycles. The molecule has 0 aliphatic heterocycles. The molecule has 0 saturated heterocycles. The molecular weight excluding hydrogens is 302 g/mol. The molecule has 0 saturated carbocycles. The molecule has 0 bridgehead atoms. The molecule has 0 aliphatic carbocycles. The van der Waals surface area contributed by atoms with Crippen molar-refractivity contribution in [3.05, 3.63) is 70.3 Å². The number of nitro groups is 1. The maximum Gasteiger partial charge on any atom is 0.269 e. The Morgan fingerprint density at radius 1 is 1.09 bits per heavy atom. The lowest BCUT2D eigenvalue weighted by Gasteiger charge is -1.99. The third-order valence-electron chi connectivity index (χ3n) is 2.86. The number of tetrazole rings is 1. The summed E-state index contributed by atoms with van der Waals surface area (Å²) >= 11 is 1.43. The third-order valence-corrected chi connectivity index (χ3v) is 3.71. The van der Waals surface area contributed by atoms with Gasteiger partial charge < -0.3 is 0 Å². The van der Waals surface area contributed by atoms with E-state index in [1.807, 2.05) is 30.3 Å². The van der Waals surface area contributed by atoms with Crippen LogP contribution in [0.5, 0.6) is 0 Å². The van der Waals surface area contributed by atoms with Crippen molar-refractivity contribution in [2.45, 2.75) is 16.6 Å². The highest BCUT2D eigenvalue weighted by Crippen LogP contribution is 2.23. The van der Waals surface area contributed by atoms with Gasteiger partial charge in [0.2, 0.25) is 5.16 Å². The van der Waals surface area contributed by atoms with Gasteiger partial charge >= 0.3 is 0 Å². The average molecular weight is 313 g/mol. The summed E-state index contributed by atoms with van der Waals surface area (Å²) in [5, 5.41) is 23.4. The lowest BCUT2D eigenvalue weighted by atomic mass is 10.2. The summed E-state index contributed by atoms with van der Waals surface area (Å²) in [5.74, 6) is 0. The minimum atomic E-state index is -0.425. The Balaban J connectivity index is 1.67. The van der Waals surface area contributed by atoms with Crippen molar-refractivity contribution in [1.82, 2.24) is 20.2 Å². The minimum Gasteiger partial charge on any atom is -0.258 e. The summed E-state index contributed by atoms with van der Waals surface area (Å²) in [6, 6.07) is 16.1. The van der Waals surface area contributed by atoms with E-state index in [1.54, 1.807) is 12.1 Å². The van der Waals surface area contributed by atoms with Crippen LogP contribution in [0.3, 0.4) is 0 Å². The van der Waals surface area contributed by atoms with Crippen molar-refractivity contribution in [1.29, 1.82) is 0 Å². The van der Waals surface area contributed by atoms with Crippen molar-refractivity contribution >= 4 is 17.4 Å². The quantitative estimate of drug-likeness (QED) is 0.532. The van der Waals surface area contributed by atoms with Gasteiger partial charge in [0.1, 0.15) is 0 Å². The van der Waals surface area contributed by atoms with Crippen molar-refractivity contribution in [3.8, 4) is 0 Å². The van der Waals surface area contributed by atoms with Gasteiger partial charge in [-0.15, -0.1) is 10.2 Å². The van der Waals surface area contributed by atoms with E-state index in [-0.39, 0.29) is 5.69 Å². The molecule has 0 aliphatic rings. The highest BCUT2D eigenvalue weighted by Gasteiger charge is 2.07. The van der Waals surface area contributed by atoms with Crippen LogP contribution in [0.4, 0.5) is 5.69 Å². The summed E-state index contributed by atoms with van der Waals surface area (Å²) in [4.78, 5) is 12.7. The summed E-state index contributed by atoms with van der Waals surface area (Å²) < 4.78 is 0. The maximum atomic E-state index is 10.6. The molecule has 3 rings (SSSR count). The fraction of sp³-hybridized carbons (Fsp3) is 0.0714. The molecule has 0 atom stereocenters. The topological polar surface area (TPSA) is 86.7 Å². The second kappa shape index (κ2) is 6.35. The zero-order chi connectivity index (χ0) is 15.4. The van der Waals surface area contributed by atoms with E-state index in [1.165, 1.54) is 28.7 Å². The van der Waals surface area contributed by atoms with E-state index in [0.717, 1.165) is 10.5 Å². The number of aromatic nitrogens is 4. The Labute approximate surface area is 130 Å². The number of hydrogen-bond donors (Lipinski definition) is 0. The first-order chi connectivity index (χ1) is 10.7. The van der Waals surface area contributed by atoms with Gasteiger partial charge in [-0.05, 0) is 34.7 Å². The van der Waals surface area contributed by atoms with Gasteiger partial charge in [0, 0.05) is 17.0 Å². The molecule has 110 valence electrons. The standard InChI is InChI=1S/C14H11N5O2S/c20-19(21)12-8-6-11(7-9-12)10-18-16-14(15-17-18)22-13-4-2-1-3-5-13/h1-9H,10H2. The Bertz CT molecular complexity index is 773. The highest BCUT2D eigenvalue weighted by atomic mass is 32.2. The molecule has 0 radical (unpaired) electrons. The molecule has 0 amide bonds. The second-order valence-electron chi connectivity index (χ2n) is 4.44. The molecular formula is C14H11N5O2S. The second-order valence-corrected chi connectivity index (χ2v) is 5.48. The SMILES string of the molecule is O=[N+]([O-])c1ccc(Cn2nnc(Sc3ccccc3)n2)cc1. The van der Waals surface area contributed by atoms with Crippen LogP contribution < -0.4 is 0 Å². The normalized spacial score (nSPS) is 10.5. The van der Waals surface area contributed by atoms with Crippen LogP contribution in [0.25, 0.3) is 0 Å². The van der Waals surface area contributed by atoms with Crippen LogP contribution in [-0.4, -0.2) is 25.1 Å². The zero-order valence-corrected chi connectivity index (χ0v) is 12.2. The van der Waals surface area contributed by atoms with E-state index >= 15 is 0 Å². The van der Waals surface area contributed by atoms with Gasteiger partial charge in [0.25, 0.3) is 5.69 Å². The lowest BCUT2D eigenvalue weighted by molar-refractivity contribution is -0.384. The van der Waals surface area contributed by atoms with E-state index in [2.05, 4.69) is 15.4 Å². The highest BCUT2D eigenvalue weighted by molar-refractivity contribution is 7.99. The molecule has 0 fully saturated rings. The minimum absolute atomic E-state index is 0.0654. The number of benzene rings is 2. The van der Waals surface area contributed by atoms with Gasteiger partial charge in [-0.3, -0.25) is 10.1 Å².